The van der Waals surface area contributed by atoms with Gasteiger partial charge in [-0.1, -0.05) is 21.1 Å². The number of carbonyl (C=O) groups is 2. The lowest BCUT2D eigenvalue weighted by atomic mass is 10.3. The summed E-state index contributed by atoms with van der Waals surface area (Å²) in [7, 11) is 0. The number of rotatable bonds is 4. The van der Waals surface area contributed by atoms with Crippen LogP contribution in [0.1, 0.15) is 16.2 Å². The molecule has 1 amide bonds. The molecule has 1 aromatic carbocycles. The monoisotopic (exact) mass is 416 g/mol. The fraction of sp³-hybridized carbons (Fsp3) is 0.154. The van der Waals surface area contributed by atoms with Gasteiger partial charge in [-0.2, -0.15) is 0 Å². The molecule has 0 fully saturated rings. The summed E-state index contributed by atoms with van der Waals surface area (Å²) in [5.74, 6) is -1.23. The third kappa shape index (κ3) is 4.40. The molecule has 6 nitrogen and oxygen atoms in total. The van der Waals surface area contributed by atoms with Crippen molar-refractivity contribution in [1.29, 1.82) is 0 Å². The first kappa shape index (κ1) is 15.7. The molecule has 0 spiro atoms. The number of amides is 1. The molecule has 0 atom stereocenters. The van der Waals surface area contributed by atoms with Crippen LogP contribution >= 0.6 is 31.9 Å². The maximum atomic E-state index is 11.7. The average molecular weight is 418 g/mol. The zero-order chi connectivity index (χ0) is 15.4. The maximum Gasteiger partial charge on any atom is 0.377 e. The van der Waals surface area contributed by atoms with E-state index in [-0.39, 0.29) is 5.76 Å². The van der Waals surface area contributed by atoms with Crippen LogP contribution in [0.2, 0.25) is 0 Å². The van der Waals surface area contributed by atoms with Crippen LogP contribution in [-0.4, -0.2) is 23.6 Å². The van der Waals surface area contributed by atoms with Gasteiger partial charge in [-0.05, 0) is 41.1 Å². The van der Waals surface area contributed by atoms with Crippen molar-refractivity contribution in [1.82, 2.24) is 5.16 Å². The van der Waals surface area contributed by atoms with Crippen LogP contribution in [0.3, 0.4) is 0 Å². The maximum absolute atomic E-state index is 11.7. The highest BCUT2D eigenvalue weighted by Crippen LogP contribution is 2.26. The van der Waals surface area contributed by atoms with E-state index in [4.69, 9.17) is 9.26 Å². The minimum absolute atomic E-state index is 0.0369. The van der Waals surface area contributed by atoms with Gasteiger partial charge in [-0.3, -0.25) is 4.79 Å². The van der Waals surface area contributed by atoms with Crippen molar-refractivity contribution in [3.05, 3.63) is 44.7 Å². The second kappa shape index (κ2) is 6.86. The van der Waals surface area contributed by atoms with Crippen LogP contribution in [0.5, 0.6) is 0 Å². The van der Waals surface area contributed by atoms with Crippen LogP contribution in [0.25, 0.3) is 0 Å². The van der Waals surface area contributed by atoms with Crippen LogP contribution in [0.15, 0.2) is 37.7 Å². The molecule has 2 rings (SSSR count). The minimum Gasteiger partial charge on any atom is -0.450 e. The summed E-state index contributed by atoms with van der Waals surface area (Å²) < 4.78 is 11.2. The van der Waals surface area contributed by atoms with Gasteiger partial charge in [0.15, 0.2) is 6.61 Å². The lowest BCUT2D eigenvalue weighted by molar-refractivity contribution is -0.119. The number of hydrogen-bond donors (Lipinski definition) is 1. The van der Waals surface area contributed by atoms with Crippen molar-refractivity contribution in [2.45, 2.75) is 6.92 Å². The number of nitrogens with zero attached hydrogens (tertiary/aromatic N) is 1. The first-order valence-electron chi connectivity index (χ1n) is 5.81. The Bertz CT molecular complexity index is 685. The number of aryl methyl sites for hydroxylation is 1. The number of aromatic nitrogens is 1. The second-order valence-electron chi connectivity index (χ2n) is 4.08. The quantitative estimate of drug-likeness (QED) is 0.771. The van der Waals surface area contributed by atoms with Crippen molar-refractivity contribution >= 4 is 49.4 Å². The van der Waals surface area contributed by atoms with Gasteiger partial charge in [0.1, 0.15) is 0 Å². The highest BCUT2D eigenvalue weighted by molar-refractivity contribution is 9.11. The molecule has 0 aliphatic heterocycles. The lowest BCUT2D eigenvalue weighted by Crippen LogP contribution is -2.21. The minimum atomic E-state index is -0.736. The van der Waals surface area contributed by atoms with Crippen LogP contribution < -0.4 is 5.32 Å². The molecular weight excluding hydrogens is 408 g/mol. The van der Waals surface area contributed by atoms with E-state index in [1.54, 1.807) is 25.1 Å². The topological polar surface area (TPSA) is 81.4 Å². The Morgan fingerprint density at radius 1 is 1.33 bits per heavy atom. The van der Waals surface area contributed by atoms with Gasteiger partial charge in [-0.15, -0.1) is 0 Å². The van der Waals surface area contributed by atoms with Crippen LogP contribution in [0, 0.1) is 6.92 Å². The molecule has 21 heavy (non-hydrogen) atoms. The third-order valence-corrected chi connectivity index (χ3v) is 3.52. The normalized spacial score (nSPS) is 10.2. The second-order valence-corrected chi connectivity index (χ2v) is 5.85. The summed E-state index contributed by atoms with van der Waals surface area (Å²) >= 11 is 6.63. The van der Waals surface area contributed by atoms with Gasteiger partial charge >= 0.3 is 5.97 Å². The molecule has 0 unspecified atom stereocenters. The number of nitrogens with one attached hydrogen (secondary N) is 1. The summed E-state index contributed by atoms with van der Waals surface area (Å²) in [6.45, 7) is 1.26. The average Bonchev–Trinajstić information content (AvgIpc) is 2.86. The number of carbonyl (C=O) groups excluding carboxylic acids is 2. The Morgan fingerprint density at radius 2 is 2.10 bits per heavy atom. The van der Waals surface area contributed by atoms with E-state index in [0.717, 1.165) is 4.47 Å². The van der Waals surface area contributed by atoms with Gasteiger partial charge in [0.2, 0.25) is 5.76 Å². The Labute approximate surface area is 137 Å². The standard InChI is InChI=1S/C13H10Br2N2O4/c1-7-4-11(21-17-7)13(19)20-6-12(18)16-10-3-2-8(14)5-9(10)15/h2-5H,6H2,1H3,(H,16,18). The summed E-state index contributed by atoms with van der Waals surface area (Å²) in [5.41, 5.74) is 1.14. The highest BCUT2D eigenvalue weighted by Gasteiger charge is 2.15. The van der Waals surface area contributed by atoms with Gasteiger partial charge in [-0.25, -0.2) is 4.79 Å². The number of ether oxygens (including phenoxy) is 1. The largest absolute Gasteiger partial charge is 0.450 e. The van der Waals surface area contributed by atoms with Crippen LogP contribution in [-0.2, 0) is 9.53 Å². The Kier molecular flexibility index (Phi) is 5.13. The van der Waals surface area contributed by atoms with E-state index in [9.17, 15) is 9.59 Å². The summed E-state index contributed by atoms with van der Waals surface area (Å²) in [5, 5.41) is 6.18. The van der Waals surface area contributed by atoms with Gasteiger partial charge in [0.05, 0.1) is 11.4 Å². The van der Waals surface area contributed by atoms with E-state index < -0.39 is 18.5 Å². The number of benzene rings is 1. The zero-order valence-electron chi connectivity index (χ0n) is 10.9. The Morgan fingerprint density at radius 3 is 2.71 bits per heavy atom. The fourth-order valence-electron chi connectivity index (χ4n) is 1.44. The lowest BCUT2D eigenvalue weighted by Gasteiger charge is -2.07. The van der Waals surface area contributed by atoms with Gasteiger partial charge in [0.25, 0.3) is 5.91 Å². The van der Waals surface area contributed by atoms with E-state index in [2.05, 4.69) is 42.3 Å². The number of anilines is 1. The summed E-state index contributed by atoms with van der Waals surface area (Å²) in [6.07, 6.45) is 0. The Hall–Kier alpha value is -1.67. The molecule has 1 aromatic heterocycles. The predicted octanol–water partition coefficient (Wildman–Crippen LogP) is 3.30. The molecule has 2 aromatic rings. The molecule has 0 bridgehead atoms. The first-order valence-corrected chi connectivity index (χ1v) is 7.39. The fourth-order valence-corrected chi connectivity index (χ4v) is 2.59. The van der Waals surface area contributed by atoms with Crippen molar-refractivity contribution < 1.29 is 18.8 Å². The van der Waals surface area contributed by atoms with Crippen molar-refractivity contribution in [3.8, 4) is 0 Å². The first-order chi connectivity index (χ1) is 9.95. The molecule has 0 saturated heterocycles. The molecule has 1 heterocycles. The number of halogens is 2. The number of hydrogen-bond acceptors (Lipinski definition) is 5. The van der Waals surface area contributed by atoms with E-state index in [1.165, 1.54) is 6.07 Å². The van der Waals surface area contributed by atoms with E-state index >= 15 is 0 Å². The predicted molar refractivity (Wildman–Crippen MR) is 82.0 cm³/mol. The third-order valence-electron chi connectivity index (χ3n) is 2.37. The molecule has 0 radical (unpaired) electrons. The summed E-state index contributed by atoms with van der Waals surface area (Å²) in [4.78, 5) is 23.3. The molecule has 8 heteroatoms. The molecule has 0 aliphatic carbocycles. The highest BCUT2D eigenvalue weighted by atomic mass is 79.9. The summed E-state index contributed by atoms with van der Waals surface area (Å²) in [6, 6.07) is 6.72. The molecule has 1 N–H and O–H groups in total. The van der Waals surface area contributed by atoms with Gasteiger partial charge < -0.3 is 14.6 Å². The molecule has 0 aliphatic rings. The smallest absolute Gasteiger partial charge is 0.377 e. The number of esters is 1. The van der Waals surface area contributed by atoms with E-state index in [1.807, 2.05) is 0 Å². The molecule has 0 saturated carbocycles. The molecule has 110 valence electrons. The molecular formula is C13H10Br2N2O4. The van der Waals surface area contributed by atoms with Gasteiger partial charge in [0, 0.05) is 15.0 Å². The van der Waals surface area contributed by atoms with Crippen molar-refractivity contribution in [3.63, 3.8) is 0 Å². The Balaban J connectivity index is 1.89. The van der Waals surface area contributed by atoms with Crippen molar-refractivity contribution in [2.75, 3.05) is 11.9 Å². The van der Waals surface area contributed by atoms with Crippen LogP contribution in [0.4, 0.5) is 5.69 Å². The SMILES string of the molecule is Cc1cc(C(=O)OCC(=O)Nc2ccc(Br)cc2Br)on1. The zero-order valence-corrected chi connectivity index (χ0v) is 14.0. The van der Waals surface area contributed by atoms with E-state index in [0.29, 0.717) is 15.9 Å². The van der Waals surface area contributed by atoms with Crippen molar-refractivity contribution in [2.24, 2.45) is 0 Å².